The van der Waals surface area contributed by atoms with Gasteiger partial charge in [0.15, 0.2) is 5.96 Å². The second-order valence-electron chi connectivity index (χ2n) is 6.99. The molecule has 0 amide bonds. The number of nitrogens with one attached hydrogen (secondary N) is 3. The van der Waals surface area contributed by atoms with Crippen LogP contribution in [-0.2, 0) is 23.1 Å². The SMILES string of the molecule is CCNC(=NCc1ccc(S(=O)(=O)NC)cc1)N(C)Cc1ncc(-c2ccccc2)[nH]1. The van der Waals surface area contributed by atoms with Crippen molar-refractivity contribution in [1.29, 1.82) is 0 Å². The zero-order valence-electron chi connectivity index (χ0n) is 18.0. The molecule has 3 aromatic rings. The third kappa shape index (κ3) is 5.93. The number of H-pyrrole nitrogens is 1. The van der Waals surface area contributed by atoms with Crippen molar-refractivity contribution in [3.8, 4) is 11.3 Å². The molecule has 0 unspecified atom stereocenters. The van der Waals surface area contributed by atoms with Crippen LogP contribution in [0.15, 0.2) is 70.7 Å². The molecule has 0 fully saturated rings. The van der Waals surface area contributed by atoms with E-state index in [9.17, 15) is 8.42 Å². The Hall–Kier alpha value is -3.17. The normalized spacial score (nSPS) is 12.0. The van der Waals surface area contributed by atoms with Crippen LogP contribution in [-0.4, -0.2) is 49.9 Å². The van der Waals surface area contributed by atoms with Crippen LogP contribution in [0, 0.1) is 0 Å². The standard InChI is InChI=1S/C22H28N6O2S/c1-4-24-22(26-14-17-10-12-19(13-11-17)31(29,30)23-2)28(3)16-21-25-15-20(27-21)18-8-6-5-7-9-18/h5-13,15,23H,4,14,16H2,1-3H3,(H,24,26)(H,25,27). The van der Waals surface area contributed by atoms with Gasteiger partial charge in [0.1, 0.15) is 5.82 Å². The lowest BCUT2D eigenvalue weighted by atomic mass is 10.2. The third-order valence-electron chi connectivity index (χ3n) is 4.71. The summed E-state index contributed by atoms with van der Waals surface area (Å²) in [5.74, 6) is 1.58. The summed E-state index contributed by atoms with van der Waals surface area (Å²) in [7, 11) is -0.0880. The van der Waals surface area contributed by atoms with Gasteiger partial charge < -0.3 is 15.2 Å². The molecule has 0 radical (unpaired) electrons. The van der Waals surface area contributed by atoms with Gasteiger partial charge in [-0.05, 0) is 37.2 Å². The maximum atomic E-state index is 11.9. The average molecular weight is 441 g/mol. The first kappa shape index (κ1) is 22.5. The fraction of sp³-hybridized carbons (Fsp3) is 0.273. The van der Waals surface area contributed by atoms with E-state index >= 15 is 0 Å². The summed E-state index contributed by atoms with van der Waals surface area (Å²) in [4.78, 5) is 14.8. The molecule has 164 valence electrons. The number of rotatable bonds is 8. The maximum absolute atomic E-state index is 11.9. The van der Waals surface area contributed by atoms with Crippen molar-refractivity contribution >= 4 is 16.0 Å². The van der Waals surface area contributed by atoms with Crippen LogP contribution in [0.4, 0.5) is 0 Å². The van der Waals surface area contributed by atoms with E-state index in [1.54, 1.807) is 24.3 Å². The van der Waals surface area contributed by atoms with Gasteiger partial charge in [0.05, 0.1) is 29.9 Å². The van der Waals surface area contributed by atoms with E-state index in [4.69, 9.17) is 0 Å². The van der Waals surface area contributed by atoms with E-state index in [0.29, 0.717) is 13.1 Å². The Morgan fingerprint density at radius 2 is 1.84 bits per heavy atom. The van der Waals surface area contributed by atoms with Crippen LogP contribution in [0.25, 0.3) is 11.3 Å². The highest BCUT2D eigenvalue weighted by Crippen LogP contribution is 2.16. The summed E-state index contributed by atoms with van der Waals surface area (Å²) >= 11 is 0. The Labute approximate surface area is 183 Å². The Morgan fingerprint density at radius 1 is 1.13 bits per heavy atom. The van der Waals surface area contributed by atoms with E-state index < -0.39 is 10.0 Å². The summed E-state index contributed by atoms with van der Waals surface area (Å²) in [6, 6.07) is 16.8. The number of hydrogen-bond acceptors (Lipinski definition) is 4. The van der Waals surface area contributed by atoms with Crippen LogP contribution in [0.1, 0.15) is 18.3 Å². The number of benzene rings is 2. The number of nitrogens with zero attached hydrogens (tertiary/aromatic N) is 3. The minimum absolute atomic E-state index is 0.235. The molecule has 1 aromatic heterocycles. The van der Waals surface area contributed by atoms with Crippen LogP contribution >= 0.6 is 0 Å². The number of hydrogen-bond donors (Lipinski definition) is 3. The molecule has 1 heterocycles. The molecule has 8 nitrogen and oxygen atoms in total. The first-order valence-electron chi connectivity index (χ1n) is 10.0. The molecular weight excluding hydrogens is 412 g/mol. The molecule has 9 heteroatoms. The first-order valence-corrected chi connectivity index (χ1v) is 11.5. The smallest absolute Gasteiger partial charge is 0.240 e. The van der Waals surface area contributed by atoms with E-state index in [2.05, 4.69) is 25.0 Å². The molecule has 0 aliphatic rings. The van der Waals surface area contributed by atoms with Crippen molar-refractivity contribution in [3.05, 3.63) is 72.2 Å². The van der Waals surface area contributed by atoms with Crippen molar-refractivity contribution in [2.75, 3.05) is 20.6 Å². The quantitative estimate of drug-likeness (QED) is 0.369. The van der Waals surface area contributed by atoms with Gasteiger partial charge in [0.25, 0.3) is 0 Å². The Balaban J connectivity index is 1.68. The average Bonchev–Trinajstić information content (AvgIpc) is 3.26. The van der Waals surface area contributed by atoms with Gasteiger partial charge in [-0.1, -0.05) is 42.5 Å². The summed E-state index contributed by atoms with van der Waals surface area (Å²) in [6.45, 7) is 3.75. The number of aromatic amines is 1. The lowest BCUT2D eigenvalue weighted by Gasteiger charge is -2.21. The molecule has 0 aliphatic carbocycles. The van der Waals surface area contributed by atoms with Gasteiger partial charge in [-0.15, -0.1) is 0 Å². The molecule has 0 saturated heterocycles. The van der Waals surface area contributed by atoms with Crippen LogP contribution in [0.3, 0.4) is 0 Å². The largest absolute Gasteiger partial charge is 0.357 e. The van der Waals surface area contributed by atoms with Gasteiger partial charge in [-0.2, -0.15) is 0 Å². The van der Waals surface area contributed by atoms with Crippen molar-refractivity contribution < 1.29 is 8.42 Å². The summed E-state index contributed by atoms with van der Waals surface area (Å²) in [5, 5.41) is 3.28. The van der Waals surface area contributed by atoms with Gasteiger partial charge in [0, 0.05) is 13.6 Å². The number of imidazole rings is 1. The Bertz CT molecular complexity index is 1110. The van der Waals surface area contributed by atoms with Crippen LogP contribution in [0.2, 0.25) is 0 Å². The van der Waals surface area contributed by atoms with Crippen LogP contribution < -0.4 is 10.0 Å². The highest BCUT2D eigenvalue weighted by atomic mass is 32.2. The number of aliphatic imine (C=N–C) groups is 1. The lowest BCUT2D eigenvalue weighted by Crippen LogP contribution is -2.38. The van der Waals surface area contributed by atoms with Gasteiger partial charge in [0.2, 0.25) is 10.0 Å². The molecular formula is C22H28N6O2S. The maximum Gasteiger partial charge on any atom is 0.240 e. The van der Waals surface area contributed by atoms with Crippen molar-refractivity contribution in [1.82, 2.24) is 24.9 Å². The Morgan fingerprint density at radius 3 is 2.48 bits per heavy atom. The zero-order valence-corrected chi connectivity index (χ0v) is 18.8. The van der Waals surface area contributed by atoms with E-state index in [-0.39, 0.29) is 4.90 Å². The predicted octanol–water partition coefficient (Wildman–Crippen LogP) is 2.58. The van der Waals surface area contributed by atoms with Gasteiger partial charge >= 0.3 is 0 Å². The molecule has 0 spiro atoms. The third-order valence-corrected chi connectivity index (χ3v) is 6.14. The highest BCUT2D eigenvalue weighted by molar-refractivity contribution is 7.89. The lowest BCUT2D eigenvalue weighted by molar-refractivity contribution is 0.464. The molecule has 3 N–H and O–H groups in total. The van der Waals surface area contributed by atoms with E-state index in [1.165, 1.54) is 7.05 Å². The van der Waals surface area contributed by atoms with Crippen molar-refractivity contribution in [2.45, 2.75) is 24.9 Å². The summed E-state index contributed by atoms with van der Waals surface area (Å²) < 4.78 is 26.0. The second-order valence-corrected chi connectivity index (χ2v) is 8.87. The molecule has 0 bridgehead atoms. The molecule has 0 saturated carbocycles. The monoisotopic (exact) mass is 440 g/mol. The van der Waals surface area contributed by atoms with Gasteiger partial charge in [-0.3, -0.25) is 0 Å². The predicted molar refractivity (Wildman–Crippen MR) is 123 cm³/mol. The number of sulfonamides is 1. The minimum Gasteiger partial charge on any atom is -0.357 e. The fourth-order valence-electron chi connectivity index (χ4n) is 3.03. The highest BCUT2D eigenvalue weighted by Gasteiger charge is 2.12. The molecule has 3 rings (SSSR count). The molecule has 2 aromatic carbocycles. The molecule has 0 atom stereocenters. The van der Waals surface area contributed by atoms with Crippen LogP contribution in [0.5, 0.6) is 0 Å². The van der Waals surface area contributed by atoms with E-state index in [0.717, 1.165) is 35.1 Å². The van der Waals surface area contributed by atoms with Crippen molar-refractivity contribution in [2.24, 2.45) is 4.99 Å². The molecule has 0 aliphatic heterocycles. The minimum atomic E-state index is -3.44. The zero-order chi connectivity index (χ0) is 22.3. The number of guanidine groups is 1. The Kier molecular flexibility index (Phi) is 7.43. The summed E-state index contributed by atoms with van der Waals surface area (Å²) in [5.41, 5.74) is 2.99. The summed E-state index contributed by atoms with van der Waals surface area (Å²) in [6.07, 6.45) is 1.84. The van der Waals surface area contributed by atoms with E-state index in [1.807, 2.05) is 55.4 Å². The second kappa shape index (κ2) is 10.2. The number of aromatic nitrogens is 2. The van der Waals surface area contributed by atoms with Gasteiger partial charge in [-0.25, -0.2) is 23.1 Å². The molecule has 31 heavy (non-hydrogen) atoms. The first-order chi connectivity index (χ1) is 14.9. The van der Waals surface area contributed by atoms with Crippen molar-refractivity contribution in [3.63, 3.8) is 0 Å². The fourth-order valence-corrected chi connectivity index (χ4v) is 3.76. The topological polar surface area (TPSA) is 102 Å².